The van der Waals surface area contributed by atoms with Crippen molar-refractivity contribution in [2.75, 3.05) is 7.11 Å². The van der Waals surface area contributed by atoms with E-state index in [4.69, 9.17) is 0 Å². The summed E-state index contributed by atoms with van der Waals surface area (Å²) < 4.78 is 4.56. The molecule has 0 aliphatic carbocycles. The number of hydrogen-bond donors (Lipinski definition) is 1. The fraction of sp³-hybridized carbons (Fsp3) is 0.182. The highest BCUT2D eigenvalue weighted by atomic mass is 32.2. The van der Waals surface area contributed by atoms with Crippen LogP contribution in [0.1, 0.15) is 16.2 Å². The van der Waals surface area contributed by atoms with E-state index in [0.717, 1.165) is 11.8 Å². The van der Waals surface area contributed by atoms with Crippen LogP contribution in [-0.4, -0.2) is 33.0 Å². The average molecular weight is 278 g/mol. The quantitative estimate of drug-likeness (QED) is 0.655. The molecule has 0 fully saturated rings. The van der Waals surface area contributed by atoms with Gasteiger partial charge in [-0.2, -0.15) is 0 Å². The van der Waals surface area contributed by atoms with Gasteiger partial charge in [-0.1, -0.05) is 0 Å². The van der Waals surface area contributed by atoms with Gasteiger partial charge in [0, 0.05) is 11.8 Å². The number of carbonyl (C=O) groups is 1. The number of aryl methyl sites for hydroxylation is 1. The Bertz CT molecular complexity index is 671. The molecule has 1 N–H and O–H groups in total. The van der Waals surface area contributed by atoms with Crippen LogP contribution in [0.2, 0.25) is 0 Å². The van der Waals surface area contributed by atoms with Crippen LogP contribution < -0.4 is 5.56 Å². The number of esters is 1. The predicted octanol–water partition coefficient (Wildman–Crippen LogP) is 0.806. The van der Waals surface area contributed by atoms with Gasteiger partial charge in [-0.25, -0.2) is 14.8 Å². The molecular weight excluding hydrogens is 268 g/mol. The van der Waals surface area contributed by atoms with Gasteiger partial charge < -0.3 is 9.72 Å². The SMILES string of the molecule is COC(=O)c1cncc(Sc2nc(C)cc(=O)[nH]2)n1. The van der Waals surface area contributed by atoms with Crippen LogP contribution in [-0.2, 0) is 4.74 Å². The molecule has 0 aromatic carbocycles. The summed E-state index contributed by atoms with van der Waals surface area (Å²) in [4.78, 5) is 37.3. The lowest BCUT2D eigenvalue weighted by Crippen LogP contribution is -2.08. The largest absolute Gasteiger partial charge is 0.464 e. The third-order valence-electron chi connectivity index (χ3n) is 2.06. The number of H-pyrrole nitrogens is 1. The number of rotatable bonds is 3. The fourth-order valence-electron chi connectivity index (χ4n) is 1.30. The molecule has 0 spiro atoms. The summed E-state index contributed by atoms with van der Waals surface area (Å²) in [5.41, 5.74) is 0.456. The first-order valence-corrected chi connectivity index (χ1v) is 6.06. The number of ether oxygens (including phenoxy) is 1. The molecule has 2 aromatic rings. The van der Waals surface area contributed by atoms with Crippen molar-refractivity contribution < 1.29 is 9.53 Å². The number of aromatic nitrogens is 4. The first-order chi connectivity index (χ1) is 9.08. The van der Waals surface area contributed by atoms with E-state index < -0.39 is 5.97 Å². The van der Waals surface area contributed by atoms with Gasteiger partial charge >= 0.3 is 5.97 Å². The zero-order valence-electron chi connectivity index (χ0n) is 10.2. The Morgan fingerprint density at radius 3 is 2.84 bits per heavy atom. The molecule has 2 aromatic heterocycles. The maximum absolute atomic E-state index is 11.3. The van der Waals surface area contributed by atoms with Crippen molar-refractivity contribution in [2.24, 2.45) is 0 Å². The average Bonchev–Trinajstić information content (AvgIpc) is 2.37. The number of nitrogens with zero attached hydrogens (tertiary/aromatic N) is 3. The van der Waals surface area contributed by atoms with Gasteiger partial charge in [0.1, 0.15) is 5.03 Å². The maximum atomic E-state index is 11.3. The summed E-state index contributed by atoms with van der Waals surface area (Å²) in [5, 5.41) is 0.831. The lowest BCUT2D eigenvalue weighted by Gasteiger charge is -2.02. The second kappa shape index (κ2) is 5.61. The molecule has 0 atom stereocenters. The third kappa shape index (κ3) is 3.38. The number of carbonyl (C=O) groups excluding carboxylic acids is 1. The van der Waals surface area contributed by atoms with Crippen LogP contribution >= 0.6 is 11.8 Å². The molecule has 98 valence electrons. The van der Waals surface area contributed by atoms with Crippen molar-refractivity contribution in [3.8, 4) is 0 Å². The molecule has 0 amide bonds. The van der Waals surface area contributed by atoms with E-state index >= 15 is 0 Å². The molecular formula is C11H10N4O3S. The highest BCUT2D eigenvalue weighted by Crippen LogP contribution is 2.21. The van der Waals surface area contributed by atoms with E-state index in [1.54, 1.807) is 6.92 Å². The molecule has 7 nitrogen and oxygen atoms in total. The Hall–Kier alpha value is -2.22. The van der Waals surface area contributed by atoms with Crippen LogP contribution in [0.5, 0.6) is 0 Å². The summed E-state index contributed by atoms with van der Waals surface area (Å²) in [5.74, 6) is -0.569. The van der Waals surface area contributed by atoms with Crippen LogP contribution in [0.15, 0.2) is 33.4 Å². The molecule has 0 bridgehead atoms. The minimum absolute atomic E-state index is 0.0995. The Labute approximate surface area is 112 Å². The molecule has 0 saturated heterocycles. The van der Waals surface area contributed by atoms with Crippen molar-refractivity contribution in [3.63, 3.8) is 0 Å². The van der Waals surface area contributed by atoms with Gasteiger partial charge in [-0.15, -0.1) is 0 Å². The highest BCUT2D eigenvalue weighted by molar-refractivity contribution is 7.99. The number of methoxy groups -OCH3 is 1. The van der Waals surface area contributed by atoms with Crippen LogP contribution in [0.3, 0.4) is 0 Å². The van der Waals surface area contributed by atoms with Crippen molar-refractivity contribution in [2.45, 2.75) is 17.1 Å². The zero-order chi connectivity index (χ0) is 13.8. The molecule has 0 aliphatic heterocycles. The summed E-state index contributed by atoms with van der Waals surface area (Å²) in [6, 6.07) is 1.39. The van der Waals surface area contributed by atoms with Crippen LogP contribution in [0, 0.1) is 6.92 Å². The molecule has 2 heterocycles. The number of aromatic amines is 1. The number of nitrogens with one attached hydrogen (secondary N) is 1. The molecule has 0 aliphatic rings. The zero-order valence-corrected chi connectivity index (χ0v) is 11.0. The van der Waals surface area contributed by atoms with Crippen molar-refractivity contribution >= 4 is 17.7 Å². The summed E-state index contributed by atoms with van der Waals surface area (Å²) in [7, 11) is 1.27. The first kappa shape index (κ1) is 13.2. The van der Waals surface area contributed by atoms with E-state index in [1.165, 1.54) is 25.6 Å². The normalized spacial score (nSPS) is 10.2. The lowest BCUT2D eigenvalue weighted by atomic mass is 10.5. The number of hydrogen-bond acceptors (Lipinski definition) is 7. The molecule has 0 saturated carbocycles. The monoisotopic (exact) mass is 278 g/mol. The van der Waals surface area contributed by atoms with E-state index in [9.17, 15) is 9.59 Å². The van der Waals surface area contributed by atoms with Gasteiger partial charge in [0.15, 0.2) is 10.9 Å². The molecule has 0 unspecified atom stereocenters. The standard InChI is InChI=1S/C11H10N4O3S/c1-6-3-8(16)15-11(13-6)19-9-5-12-4-7(14-9)10(17)18-2/h3-5H,1-2H3,(H,13,15,16). The van der Waals surface area contributed by atoms with E-state index in [-0.39, 0.29) is 11.3 Å². The highest BCUT2D eigenvalue weighted by Gasteiger charge is 2.10. The predicted molar refractivity (Wildman–Crippen MR) is 67.1 cm³/mol. The Balaban J connectivity index is 2.28. The Kier molecular flexibility index (Phi) is 3.91. The fourth-order valence-corrected chi connectivity index (χ4v) is 2.10. The Morgan fingerprint density at radius 2 is 2.16 bits per heavy atom. The minimum Gasteiger partial charge on any atom is -0.464 e. The topological polar surface area (TPSA) is 97.8 Å². The van der Waals surface area contributed by atoms with Gasteiger partial charge in [0.2, 0.25) is 0 Å². The maximum Gasteiger partial charge on any atom is 0.358 e. The van der Waals surface area contributed by atoms with Gasteiger partial charge in [-0.3, -0.25) is 9.78 Å². The van der Waals surface area contributed by atoms with Crippen LogP contribution in [0.4, 0.5) is 0 Å². The van der Waals surface area contributed by atoms with Gasteiger partial charge in [0.25, 0.3) is 5.56 Å². The smallest absolute Gasteiger partial charge is 0.358 e. The summed E-state index contributed by atoms with van der Waals surface area (Å²) in [6.07, 6.45) is 2.78. The van der Waals surface area contributed by atoms with E-state index in [1.807, 2.05) is 0 Å². The molecule has 0 radical (unpaired) electrons. The first-order valence-electron chi connectivity index (χ1n) is 5.24. The third-order valence-corrected chi connectivity index (χ3v) is 2.85. The lowest BCUT2D eigenvalue weighted by molar-refractivity contribution is 0.0592. The summed E-state index contributed by atoms with van der Waals surface area (Å²) in [6.45, 7) is 1.72. The van der Waals surface area contributed by atoms with Crippen molar-refractivity contribution in [1.29, 1.82) is 0 Å². The van der Waals surface area contributed by atoms with Crippen LogP contribution in [0.25, 0.3) is 0 Å². The van der Waals surface area contributed by atoms with Crippen molar-refractivity contribution in [3.05, 3.63) is 40.2 Å². The molecule has 19 heavy (non-hydrogen) atoms. The molecule has 8 heteroatoms. The second-order valence-corrected chi connectivity index (χ2v) is 4.54. The second-order valence-electron chi connectivity index (χ2n) is 3.53. The molecule has 2 rings (SSSR count). The van der Waals surface area contributed by atoms with Gasteiger partial charge in [0.05, 0.1) is 19.5 Å². The van der Waals surface area contributed by atoms with E-state index in [0.29, 0.717) is 15.9 Å². The Morgan fingerprint density at radius 1 is 1.37 bits per heavy atom. The van der Waals surface area contributed by atoms with E-state index in [2.05, 4.69) is 24.7 Å². The minimum atomic E-state index is -0.569. The van der Waals surface area contributed by atoms with Gasteiger partial charge in [-0.05, 0) is 18.7 Å². The van der Waals surface area contributed by atoms with Crippen molar-refractivity contribution in [1.82, 2.24) is 19.9 Å². The summed E-state index contributed by atoms with van der Waals surface area (Å²) >= 11 is 1.11.